The summed E-state index contributed by atoms with van der Waals surface area (Å²) in [6.07, 6.45) is 2.07. The second-order valence-electron chi connectivity index (χ2n) is 8.67. The number of nitrogens with one attached hydrogen (secondary N) is 1. The predicted octanol–water partition coefficient (Wildman–Crippen LogP) is 5.55. The van der Waals surface area contributed by atoms with E-state index in [0.717, 1.165) is 27.0 Å². The Morgan fingerprint density at radius 2 is 1.69 bits per heavy atom. The van der Waals surface area contributed by atoms with E-state index >= 15 is 0 Å². The van der Waals surface area contributed by atoms with Crippen LogP contribution in [0.3, 0.4) is 0 Å². The molecule has 0 aliphatic carbocycles. The van der Waals surface area contributed by atoms with Crippen LogP contribution < -0.4 is 9.62 Å². The highest BCUT2D eigenvalue weighted by molar-refractivity contribution is 9.10. The van der Waals surface area contributed by atoms with E-state index in [1.165, 1.54) is 4.90 Å². The largest absolute Gasteiger partial charge is 0.352 e. The molecule has 2 aromatic rings. The van der Waals surface area contributed by atoms with E-state index < -0.39 is 28.5 Å². The van der Waals surface area contributed by atoms with Crippen LogP contribution in [0.4, 0.5) is 5.69 Å². The van der Waals surface area contributed by atoms with Crippen LogP contribution in [0.15, 0.2) is 40.9 Å². The second-order valence-corrected chi connectivity index (χ2v) is 12.2. The Balaban J connectivity index is 2.52. The molecular formula is C25H32BrCl2N3O4S. The van der Waals surface area contributed by atoms with E-state index in [0.29, 0.717) is 27.7 Å². The van der Waals surface area contributed by atoms with Crippen molar-refractivity contribution in [1.82, 2.24) is 10.2 Å². The summed E-state index contributed by atoms with van der Waals surface area (Å²) in [5.41, 5.74) is 1.64. The summed E-state index contributed by atoms with van der Waals surface area (Å²) in [7, 11) is -3.82. The Kier molecular flexibility index (Phi) is 11.1. The standard InChI is InChI=1S/C25H32BrCl2N3O4S/c1-6-17(4)29-25(33)23(7-2)30(14-19-21(27)9-8-10-22(19)28)24(32)15-31(36(5,34)35)18-11-12-20(26)16(3)13-18/h8-13,17,23H,6-7,14-15H2,1-5H3,(H,29,33)/t17-,23+/m1/s1. The first-order valence-electron chi connectivity index (χ1n) is 11.6. The van der Waals surface area contributed by atoms with Crippen molar-refractivity contribution in [3.8, 4) is 0 Å². The first-order chi connectivity index (χ1) is 16.8. The molecule has 11 heteroatoms. The summed E-state index contributed by atoms with van der Waals surface area (Å²) in [4.78, 5) is 28.3. The third-order valence-corrected chi connectivity index (χ3v) is 8.62. The van der Waals surface area contributed by atoms with Gasteiger partial charge in [0.25, 0.3) is 0 Å². The maximum atomic E-state index is 13.8. The van der Waals surface area contributed by atoms with E-state index in [1.807, 2.05) is 20.8 Å². The van der Waals surface area contributed by atoms with Crippen molar-refractivity contribution in [2.75, 3.05) is 17.1 Å². The summed E-state index contributed by atoms with van der Waals surface area (Å²) in [5.74, 6) is -0.878. The zero-order chi connectivity index (χ0) is 27.2. The molecule has 36 heavy (non-hydrogen) atoms. The van der Waals surface area contributed by atoms with E-state index in [1.54, 1.807) is 43.3 Å². The van der Waals surface area contributed by atoms with Crippen LogP contribution in [0.5, 0.6) is 0 Å². The van der Waals surface area contributed by atoms with Gasteiger partial charge in [-0.1, -0.05) is 59.0 Å². The van der Waals surface area contributed by atoms with Gasteiger partial charge in [0.05, 0.1) is 11.9 Å². The molecule has 7 nitrogen and oxygen atoms in total. The Hall–Kier alpha value is -1.81. The molecule has 0 aliphatic heterocycles. The van der Waals surface area contributed by atoms with Gasteiger partial charge in [0, 0.05) is 32.7 Å². The Labute approximate surface area is 232 Å². The molecule has 0 saturated carbocycles. The maximum Gasteiger partial charge on any atom is 0.244 e. The smallest absolute Gasteiger partial charge is 0.244 e. The number of rotatable bonds is 11. The number of benzene rings is 2. The summed E-state index contributed by atoms with van der Waals surface area (Å²) < 4.78 is 27.3. The molecule has 0 fully saturated rings. The predicted molar refractivity (Wildman–Crippen MR) is 150 cm³/mol. The van der Waals surface area contributed by atoms with Gasteiger partial charge >= 0.3 is 0 Å². The average molecular weight is 621 g/mol. The van der Waals surface area contributed by atoms with E-state index in [9.17, 15) is 18.0 Å². The summed E-state index contributed by atoms with van der Waals surface area (Å²) in [5, 5.41) is 3.62. The van der Waals surface area contributed by atoms with E-state index in [-0.39, 0.29) is 18.5 Å². The fourth-order valence-corrected chi connectivity index (χ4v) is 5.22. The summed E-state index contributed by atoms with van der Waals surface area (Å²) in [6, 6.07) is 9.07. The zero-order valence-electron chi connectivity index (χ0n) is 21.0. The molecule has 2 rings (SSSR count). The fourth-order valence-electron chi connectivity index (χ4n) is 3.61. The lowest BCUT2D eigenvalue weighted by atomic mass is 10.1. The number of carbonyl (C=O) groups excluding carboxylic acids is 2. The van der Waals surface area contributed by atoms with Crippen molar-refractivity contribution >= 4 is 66.7 Å². The number of aryl methyl sites for hydroxylation is 1. The number of hydrogen-bond acceptors (Lipinski definition) is 4. The number of halogens is 3. The van der Waals surface area contributed by atoms with Gasteiger partial charge in [0.15, 0.2) is 0 Å². The molecule has 0 bridgehead atoms. The molecule has 0 unspecified atom stereocenters. The normalized spacial score (nSPS) is 13.1. The lowest BCUT2D eigenvalue weighted by molar-refractivity contribution is -0.140. The monoisotopic (exact) mass is 619 g/mol. The summed E-state index contributed by atoms with van der Waals surface area (Å²) in [6.45, 7) is 6.90. The van der Waals surface area contributed by atoms with Crippen molar-refractivity contribution in [2.45, 2.75) is 59.2 Å². The molecule has 1 N–H and O–H groups in total. The number of anilines is 1. The first kappa shape index (κ1) is 30.4. The molecule has 0 aromatic heterocycles. The second kappa shape index (κ2) is 13.1. The zero-order valence-corrected chi connectivity index (χ0v) is 24.9. The Bertz CT molecular complexity index is 1190. The first-order valence-corrected chi connectivity index (χ1v) is 15.0. The molecule has 0 spiro atoms. The minimum absolute atomic E-state index is 0.0548. The third kappa shape index (κ3) is 7.84. The quantitative estimate of drug-likeness (QED) is 0.357. The van der Waals surface area contributed by atoms with Crippen molar-refractivity contribution in [3.63, 3.8) is 0 Å². The van der Waals surface area contributed by atoms with Gasteiger partial charge in [0.1, 0.15) is 12.6 Å². The van der Waals surface area contributed by atoms with Crippen LogP contribution in [-0.4, -0.2) is 50.0 Å². The minimum Gasteiger partial charge on any atom is -0.352 e. The van der Waals surface area contributed by atoms with Crippen molar-refractivity contribution < 1.29 is 18.0 Å². The molecule has 198 valence electrons. The molecular weight excluding hydrogens is 589 g/mol. The minimum atomic E-state index is -3.82. The van der Waals surface area contributed by atoms with Crippen LogP contribution in [-0.2, 0) is 26.2 Å². The molecule has 0 saturated heterocycles. The number of nitrogens with zero attached hydrogens (tertiary/aromatic N) is 2. The topological polar surface area (TPSA) is 86.8 Å². The molecule has 2 amide bonds. The van der Waals surface area contributed by atoms with E-state index in [4.69, 9.17) is 23.2 Å². The lowest BCUT2D eigenvalue weighted by Gasteiger charge is -2.33. The fraction of sp³-hybridized carbons (Fsp3) is 0.440. The lowest BCUT2D eigenvalue weighted by Crippen LogP contribution is -2.53. The van der Waals surface area contributed by atoms with Gasteiger partial charge in [-0.15, -0.1) is 0 Å². The van der Waals surface area contributed by atoms with Crippen LogP contribution in [0.1, 0.15) is 44.7 Å². The van der Waals surface area contributed by atoms with Crippen LogP contribution in [0, 0.1) is 6.92 Å². The molecule has 0 radical (unpaired) electrons. The van der Waals surface area contributed by atoms with Crippen LogP contribution in [0.2, 0.25) is 10.0 Å². The molecule has 0 heterocycles. The van der Waals surface area contributed by atoms with Gasteiger partial charge in [-0.2, -0.15) is 0 Å². The SMILES string of the molecule is CC[C@@H](C)NC(=O)[C@H](CC)N(Cc1c(Cl)cccc1Cl)C(=O)CN(c1ccc(Br)c(C)c1)S(C)(=O)=O. The number of carbonyl (C=O) groups is 2. The average Bonchev–Trinajstić information content (AvgIpc) is 2.80. The molecule has 2 aromatic carbocycles. The highest BCUT2D eigenvalue weighted by Gasteiger charge is 2.33. The Morgan fingerprint density at radius 3 is 2.19 bits per heavy atom. The third-order valence-electron chi connectivity index (χ3n) is 5.89. The van der Waals surface area contributed by atoms with Crippen molar-refractivity contribution in [2.24, 2.45) is 0 Å². The Morgan fingerprint density at radius 1 is 1.08 bits per heavy atom. The van der Waals surface area contributed by atoms with Gasteiger partial charge in [-0.3, -0.25) is 13.9 Å². The molecule has 0 aliphatic rings. The maximum absolute atomic E-state index is 13.8. The summed E-state index contributed by atoms with van der Waals surface area (Å²) >= 11 is 16.2. The van der Waals surface area contributed by atoms with Gasteiger partial charge < -0.3 is 10.2 Å². The number of hydrogen-bond donors (Lipinski definition) is 1. The number of sulfonamides is 1. The van der Waals surface area contributed by atoms with Crippen molar-refractivity contribution in [1.29, 1.82) is 0 Å². The highest BCUT2D eigenvalue weighted by Crippen LogP contribution is 2.28. The van der Waals surface area contributed by atoms with E-state index in [2.05, 4.69) is 21.2 Å². The van der Waals surface area contributed by atoms with Gasteiger partial charge in [0.2, 0.25) is 21.8 Å². The number of amides is 2. The highest BCUT2D eigenvalue weighted by atomic mass is 79.9. The molecule has 2 atom stereocenters. The van der Waals surface area contributed by atoms with Gasteiger partial charge in [-0.05, 0) is 62.6 Å². The van der Waals surface area contributed by atoms with Crippen LogP contribution in [0.25, 0.3) is 0 Å². The van der Waals surface area contributed by atoms with Crippen molar-refractivity contribution in [3.05, 3.63) is 62.0 Å². The van der Waals surface area contributed by atoms with Gasteiger partial charge in [-0.25, -0.2) is 8.42 Å². The van der Waals surface area contributed by atoms with Crippen LogP contribution >= 0.6 is 39.1 Å².